The first kappa shape index (κ1) is 13.4. The minimum Gasteiger partial charge on any atom is -0.384 e. The number of hydrogen-bond donors (Lipinski definition) is 1. The number of nitrogens with one attached hydrogen (secondary N) is 1. The van der Waals surface area contributed by atoms with Crippen molar-refractivity contribution in [2.45, 2.75) is 25.9 Å². The molecule has 1 aromatic carbocycles. The Hall–Kier alpha value is -1.06. The molecular weight excluding hydrogens is 224 g/mol. The van der Waals surface area contributed by atoms with Crippen molar-refractivity contribution >= 4 is 5.69 Å². The minimum absolute atomic E-state index is 0.478. The zero-order chi connectivity index (χ0) is 12.8. The third-order valence-corrected chi connectivity index (χ3v) is 3.64. The van der Waals surface area contributed by atoms with Gasteiger partial charge in [-0.25, -0.2) is 0 Å². The van der Waals surface area contributed by atoms with Crippen LogP contribution in [0.1, 0.15) is 18.4 Å². The summed E-state index contributed by atoms with van der Waals surface area (Å²) in [5.41, 5.74) is 2.53. The first-order chi connectivity index (χ1) is 8.78. The molecule has 3 heteroatoms. The van der Waals surface area contributed by atoms with Crippen molar-refractivity contribution in [2.75, 3.05) is 38.6 Å². The van der Waals surface area contributed by atoms with Gasteiger partial charge in [-0.1, -0.05) is 12.1 Å². The van der Waals surface area contributed by atoms with Crippen LogP contribution in [-0.2, 0) is 4.74 Å². The molecule has 0 spiro atoms. The van der Waals surface area contributed by atoms with E-state index in [9.17, 15) is 0 Å². The first-order valence-corrected chi connectivity index (χ1v) is 6.83. The van der Waals surface area contributed by atoms with Gasteiger partial charge in [0.15, 0.2) is 0 Å². The van der Waals surface area contributed by atoms with Crippen LogP contribution in [0.5, 0.6) is 0 Å². The largest absolute Gasteiger partial charge is 0.384 e. The lowest BCUT2D eigenvalue weighted by Crippen LogP contribution is -2.39. The van der Waals surface area contributed by atoms with Crippen molar-refractivity contribution in [3.63, 3.8) is 0 Å². The van der Waals surface area contributed by atoms with Gasteiger partial charge in [0, 0.05) is 39.0 Å². The summed E-state index contributed by atoms with van der Waals surface area (Å²) in [6.07, 6.45) is 2.81. The van der Waals surface area contributed by atoms with E-state index in [4.69, 9.17) is 4.74 Å². The van der Waals surface area contributed by atoms with E-state index in [0.29, 0.717) is 6.10 Å². The molecule has 1 aliphatic rings. The second kappa shape index (κ2) is 6.76. The molecule has 3 nitrogen and oxygen atoms in total. The maximum atomic E-state index is 5.38. The van der Waals surface area contributed by atoms with Crippen LogP contribution in [0.25, 0.3) is 0 Å². The summed E-state index contributed by atoms with van der Waals surface area (Å²) >= 11 is 0. The molecule has 0 radical (unpaired) electrons. The number of likely N-dealkylation sites (tertiary alicyclic amines) is 1. The smallest absolute Gasteiger partial charge is 0.0595 e. The molecule has 0 aliphatic carbocycles. The normalized spacial score (nSPS) is 17.9. The molecule has 0 atom stereocenters. The summed E-state index contributed by atoms with van der Waals surface area (Å²) in [6.45, 7) is 6.58. The lowest BCUT2D eigenvalue weighted by molar-refractivity contribution is 0.0423. The second-order valence-electron chi connectivity index (χ2n) is 5.07. The topological polar surface area (TPSA) is 24.5 Å². The van der Waals surface area contributed by atoms with Gasteiger partial charge in [0.25, 0.3) is 0 Å². The highest BCUT2D eigenvalue weighted by atomic mass is 16.5. The van der Waals surface area contributed by atoms with Gasteiger partial charge >= 0.3 is 0 Å². The Morgan fingerprint density at radius 3 is 2.78 bits per heavy atom. The Kier molecular flexibility index (Phi) is 5.02. The minimum atomic E-state index is 0.478. The summed E-state index contributed by atoms with van der Waals surface area (Å²) in [5.74, 6) is 0. The fourth-order valence-electron chi connectivity index (χ4n) is 2.48. The third kappa shape index (κ3) is 4.00. The van der Waals surface area contributed by atoms with Crippen molar-refractivity contribution < 1.29 is 4.74 Å². The predicted octanol–water partition coefficient (Wildman–Crippen LogP) is 2.52. The Morgan fingerprint density at radius 1 is 1.33 bits per heavy atom. The van der Waals surface area contributed by atoms with Crippen molar-refractivity contribution in [1.29, 1.82) is 0 Å². The molecule has 18 heavy (non-hydrogen) atoms. The van der Waals surface area contributed by atoms with E-state index in [2.05, 4.69) is 41.4 Å². The average Bonchev–Trinajstić information content (AvgIpc) is 2.40. The van der Waals surface area contributed by atoms with E-state index in [0.717, 1.165) is 26.2 Å². The highest BCUT2D eigenvalue weighted by Gasteiger charge is 2.17. The molecule has 100 valence electrons. The predicted molar refractivity (Wildman–Crippen MR) is 76.1 cm³/mol. The molecular formula is C15H24N2O. The van der Waals surface area contributed by atoms with E-state index < -0.39 is 0 Å². The van der Waals surface area contributed by atoms with Gasteiger partial charge in [-0.3, -0.25) is 0 Å². The van der Waals surface area contributed by atoms with Gasteiger partial charge in [0.1, 0.15) is 0 Å². The summed E-state index contributed by atoms with van der Waals surface area (Å²) < 4.78 is 5.38. The van der Waals surface area contributed by atoms with Crippen LogP contribution in [0.2, 0.25) is 0 Å². The quantitative estimate of drug-likeness (QED) is 0.866. The molecule has 1 fully saturated rings. The third-order valence-electron chi connectivity index (χ3n) is 3.64. The van der Waals surface area contributed by atoms with Crippen LogP contribution in [0, 0.1) is 6.92 Å². The molecule has 1 aliphatic heterocycles. The number of ether oxygens (including phenoxy) is 1. The van der Waals surface area contributed by atoms with E-state index in [1.165, 1.54) is 24.1 Å². The second-order valence-corrected chi connectivity index (χ2v) is 5.07. The summed E-state index contributed by atoms with van der Waals surface area (Å²) in [5, 5.41) is 3.49. The van der Waals surface area contributed by atoms with E-state index in [-0.39, 0.29) is 0 Å². The van der Waals surface area contributed by atoms with Crippen molar-refractivity contribution in [1.82, 2.24) is 4.90 Å². The molecule has 1 aromatic rings. The number of anilines is 1. The molecule has 2 rings (SSSR count). The van der Waals surface area contributed by atoms with Crippen molar-refractivity contribution in [3.05, 3.63) is 29.8 Å². The Morgan fingerprint density at radius 2 is 2.11 bits per heavy atom. The molecule has 0 bridgehead atoms. The standard InChI is InChI=1S/C15H24N2O/c1-13-4-3-5-14(12-13)16-8-11-17-9-6-15(18-2)7-10-17/h3-5,12,15-16H,6-11H2,1-2H3. The fraction of sp³-hybridized carbons (Fsp3) is 0.600. The Labute approximate surface area is 110 Å². The fourth-order valence-corrected chi connectivity index (χ4v) is 2.48. The molecule has 1 N–H and O–H groups in total. The number of methoxy groups -OCH3 is 1. The zero-order valence-corrected chi connectivity index (χ0v) is 11.5. The highest BCUT2D eigenvalue weighted by molar-refractivity contribution is 5.45. The van der Waals surface area contributed by atoms with E-state index in [1.807, 2.05) is 7.11 Å². The summed E-state index contributed by atoms with van der Waals surface area (Å²) in [4.78, 5) is 2.51. The van der Waals surface area contributed by atoms with Gasteiger partial charge in [0.2, 0.25) is 0 Å². The molecule has 0 unspecified atom stereocenters. The number of rotatable bonds is 5. The van der Waals surface area contributed by atoms with Crippen molar-refractivity contribution in [3.8, 4) is 0 Å². The van der Waals surface area contributed by atoms with Crippen LogP contribution in [0.3, 0.4) is 0 Å². The number of hydrogen-bond acceptors (Lipinski definition) is 3. The van der Waals surface area contributed by atoms with Crippen LogP contribution < -0.4 is 5.32 Å². The number of piperidine rings is 1. The van der Waals surface area contributed by atoms with Crippen molar-refractivity contribution in [2.24, 2.45) is 0 Å². The van der Waals surface area contributed by atoms with Gasteiger partial charge < -0.3 is 15.0 Å². The Balaban J connectivity index is 1.67. The van der Waals surface area contributed by atoms with Crippen LogP contribution >= 0.6 is 0 Å². The summed E-state index contributed by atoms with van der Waals surface area (Å²) in [7, 11) is 1.82. The van der Waals surface area contributed by atoms with Gasteiger partial charge in [-0.15, -0.1) is 0 Å². The van der Waals surface area contributed by atoms with Gasteiger partial charge in [0.05, 0.1) is 6.10 Å². The molecule has 1 heterocycles. The molecule has 0 aromatic heterocycles. The number of aryl methyl sites for hydroxylation is 1. The summed E-state index contributed by atoms with van der Waals surface area (Å²) in [6, 6.07) is 8.55. The molecule has 0 amide bonds. The van der Waals surface area contributed by atoms with E-state index in [1.54, 1.807) is 0 Å². The lowest BCUT2D eigenvalue weighted by Gasteiger charge is -2.31. The highest BCUT2D eigenvalue weighted by Crippen LogP contribution is 2.13. The van der Waals surface area contributed by atoms with Gasteiger partial charge in [-0.05, 0) is 37.5 Å². The molecule has 1 saturated heterocycles. The SMILES string of the molecule is COC1CCN(CCNc2cccc(C)c2)CC1. The van der Waals surface area contributed by atoms with Crippen LogP contribution in [-0.4, -0.2) is 44.3 Å². The number of nitrogens with zero attached hydrogens (tertiary/aromatic N) is 1. The lowest BCUT2D eigenvalue weighted by atomic mass is 10.1. The first-order valence-electron chi connectivity index (χ1n) is 6.83. The van der Waals surface area contributed by atoms with Gasteiger partial charge in [-0.2, -0.15) is 0 Å². The zero-order valence-electron chi connectivity index (χ0n) is 11.5. The van der Waals surface area contributed by atoms with Crippen LogP contribution in [0.4, 0.5) is 5.69 Å². The number of benzene rings is 1. The van der Waals surface area contributed by atoms with Crippen LogP contribution in [0.15, 0.2) is 24.3 Å². The molecule has 0 saturated carbocycles. The Bertz CT molecular complexity index is 359. The van der Waals surface area contributed by atoms with E-state index >= 15 is 0 Å². The maximum Gasteiger partial charge on any atom is 0.0595 e. The monoisotopic (exact) mass is 248 g/mol. The average molecular weight is 248 g/mol. The maximum absolute atomic E-state index is 5.38.